The second-order valence-corrected chi connectivity index (χ2v) is 7.91. The largest absolute Gasteiger partial charge is 0.341 e. The molecule has 0 saturated carbocycles. The molecule has 27 heavy (non-hydrogen) atoms. The summed E-state index contributed by atoms with van der Waals surface area (Å²) in [6, 6.07) is 1.88. The van der Waals surface area contributed by atoms with Crippen molar-refractivity contribution in [2.75, 3.05) is 31.1 Å². The molecule has 1 atom stereocenters. The van der Waals surface area contributed by atoms with E-state index in [-0.39, 0.29) is 0 Å². The number of likely N-dealkylation sites (tertiary alicyclic amines) is 1. The molecule has 1 unspecified atom stereocenters. The van der Waals surface area contributed by atoms with E-state index in [4.69, 9.17) is 0 Å². The van der Waals surface area contributed by atoms with Crippen LogP contribution in [0.3, 0.4) is 0 Å². The Morgan fingerprint density at radius 2 is 1.63 bits per heavy atom. The van der Waals surface area contributed by atoms with Gasteiger partial charge in [0.2, 0.25) is 5.95 Å². The predicted molar refractivity (Wildman–Crippen MR) is 106 cm³/mol. The molecule has 0 aliphatic carbocycles. The van der Waals surface area contributed by atoms with E-state index >= 15 is 0 Å². The Morgan fingerprint density at radius 3 is 2.33 bits per heavy atom. The maximum Gasteiger partial charge on any atom is 0.225 e. The maximum absolute atomic E-state index is 4.50. The number of rotatable bonds is 6. The first-order chi connectivity index (χ1) is 13.3. The number of nitrogens with zero attached hydrogens (tertiary/aromatic N) is 6. The van der Waals surface area contributed by atoms with Gasteiger partial charge in [-0.15, -0.1) is 0 Å². The molecule has 144 valence electrons. The number of aromatic nitrogens is 4. The van der Waals surface area contributed by atoms with Crippen LogP contribution < -0.4 is 4.90 Å². The van der Waals surface area contributed by atoms with Crippen LogP contribution in [0.25, 0.3) is 0 Å². The smallest absolute Gasteiger partial charge is 0.225 e. The number of piperidine rings is 1. The lowest BCUT2D eigenvalue weighted by Gasteiger charge is -2.34. The molecule has 0 spiro atoms. The summed E-state index contributed by atoms with van der Waals surface area (Å²) in [5.41, 5.74) is 1.24. The van der Waals surface area contributed by atoms with Gasteiger partial charge in [0.1, 0.15) is 5.82 Å². The number of anilines is 1. The van der Waals surface area contributed by atoms with Crippen molar-refractivity contribution >= 4 is 5.95 Å². The van der Waals surface area contributed by atoms with Crippen molar-refractivity contribution in [3.05, 3.63) is 42.2 Å². The monoisotopic (exact) mass is 366 g/mol. The van der Waals surface area contributed by atoms with E-state index in [0.29, 0.717) is 0 Å². The lowest BCUT2D eigenvalue weighted by atomic mass is 9.84. The van der Waals surface area contributed by atoms with Crippen LogP contribution in [-0.2, 0) is 13.0 Å². The lowest BCUT2D eigenvalue weighted by molar-refractivity contribution is 0.251. The SMILES string of the molecule is CCCc1ncc(CN2CCC(C3CCN(c4ncccn4)CC3)C2)cn1. The first-order valence-electron chi connectivity index (χ1n) is 10.4. The third kappa shape index (κ3) is 4.61. The van der Waals surface area contributed by atoms with Crippen LogP contribution in [0.5, 0.6) is 0 Å². The molecule has 2 aliphatic rings. The molecule has 2 aliphatic heterocycles. The van der Waals surface area contributed by atoms with Gasteiger partial charge in [-0.1, -0.05) is 6.92 Å². The summed E-state index contributed by atoms with van der Waals surface area (Å²) in [4.78, 5) is 22.7. The summed E-state index contributed by atoms with van der Waals surface area (Å²) in [6.45, 7) is 7.72. The Bertz CT molecular complexity index is 696. The Labute approximate surface area is 162 Å². The van der Waals surface area contributed by atoms with E-state index < -0.39 is 0 Å². The van der Waals surface area contributed by atoms with Crippen LogP contribution in [-0.4, -0.2) is 51.0 Å². The molecule has 0 bridgehead atoms. The molecule has 0 N–H and O–H groups in total. The molecular formula is C21H30N6. The fourth-order valence-corrected chi connectivity index (χ4v) is 4.49. The van der Waals surface area contributed by atoms with Gasteiger partial charge in [-0.25, -0.2) is 19.9 Å². The minimum atomic E-state index is 0.823. The van der Waals surface area contributed by atoms with Gasteiger partial charge in [-0.2, -0.15) is 0 Å². The summed E-state index contributed by atoms with van der Waals surface area (Å²) < 4.78 is 0. The van der Waals surface area contributed by atoms with Gasteiger partial charge >= 0.3 is 0 Å². The van der Waals surface area contributed by atoms with Crippen molar-refractivity contribution in [3.8, 4) is 0 Å². The zero-order chi connectivity index (χ0) is 18.5. The van der Waals surface area contributed by atoms with E-state index in [1.807, 2.05) is 30.9 Å². The van der Waals surface area contributed by atoms with E-state index in [1.165, 1.54) is 37.9 Å². The van der Waals surface area contributed by atoms with Crippen molar-refractivity contribution in [2.24, 2.45) is 11.8 Å². The molecule has 0 aromatic carbocycles. The maximum atomic E-state index is 4.50. The number of aryl methyl sites for hydroxylation is 1. The Balaban J connectivity index is 1.25. The third-order valence-electron chi connectivity index (χ3n) is 5.99. The van der Waals surface area contributed by atoms with Gasteiger partial charge in [0, 0.05) is 63.0 Å². The third-order valence-corrected chi connectivity index (χ3v) is 5.99. The zero-order valence-electron chi connectivity index (χ0n) is 16.3. The van der Waals surface area contributed by atoms with Gasteiger partial charge in [-0.3, -0.25) is 4.90 Å². The summed E-state index contributed by atoms with van der Waals surface area (Å²) in [5, 5.41) is 0. The van der Waals surface area contributed by atoms with E-state index in [1.54, 1.807) is 0 Å². The summed E-state index contributed by atoms with van der Waals surface area (Å²) in [5.74, 6) is 3.51. The predicted octanol–water partition coefficient (Wildman–Crippen LogP) is 2.96. The highest BCUT2D eigenvalue weighted by molar-refractivity contribution is 5.28. The van der Waals surface area contributed by atoms with Gasteiger partial charge in [-0.05, 0) is 50.1 Å². The van der Waals surface area contributed by atoms with Gasteiger partial charge in [0.25, 0.3) is 0 Å². The Kier molecular flexibility index (Phi) is 5.92. The van der Waals surface area contributed by atoms with E-state index in [0.717, 1.165) is 56.1 Å². The highest BCUT2D eigenvalue weighted by Crippen LogP contribution is 2.33. The summed E-state index contributed by atoms with van der Waals surface area (Å²) >= 11 is 0. The minimum Gasteiger partial charge on any atom is -0.341 e. The van der Waals surface area contributed by atoms with E-state index in [9.17, 15) is 0 Å². The van der Waals surface area contributed by atoms with Gasteiger partial charge in [0.15, 0.2) is 0 Å². The molecule has 2 fully saturated rings. The van der Waals surface area contributed by atoms with Crippen LogP contribution in [0.4, 0.5) is 5.95 Å². The first kappa shape index (κ1) is 18.3. The zero-order valence-corrected chi connectivity index (χ0v) is 16.3. The molecule has 4 rings (SSSR count). The van der Waals surface area contributed by atoms with Crippen molar-refractivity contribution in [3.63, 3.8) is 0 Å². The molecule has 6 nitrogen and oxygen atoms in total. The quantitative estimate of drug-likeness (QED) is 0.783. The summed E-state index contributed by atoms with van der Waals surface area (Å²) in [7, 11) is 0. The highest BCUT2D eigenvalue weighted by atomic mass is 15.2. The van der Waals surface area contributed by atoms with E-state index in [2.05, 4.69) is 36.7 Å². The second kappa shape index (κ2) is 8.74. The normalized spacial score (nSPS) is 21.7. The highest BCUT2D eigenvalue weighted by Gasteiger charge is 2.32. The minimum absolute atomic E-state index is 0.823. The molecule has 4 heterocycles. The van der Waals surface area contributed by atoms with Crippen LogP contribution in [0, 0.1) is 11.8 Å². The van der Waals surface area contributed by atoms with Crippen molar-refractivity contribution in [1.29, 1.82) is 0 Å². The van der Waals surface area contributed by atoms with Crippen molar-refractivity contribution < 1.29 is 0 Å². The fourth-order valence-electron chi connectivity index (χ4n) is 4.49. The molecule has 2 aromatic heterocycles. The molecular weight excluding hydrogens is 336 g/mol. The standard InChI is InChI=1S/C21H30N6/c1-2-4-20-24-13-17(14-25-20)15-26-10-5-19(16-26)18-6-11-27(12-7-18)21-22-8-3-9-23-21/h3,8-9,13-14,18-19H,2,4-7,10-12,15-16H2,1H3. The van der Waals surface area contributed by atoms with Crippen LogP contribution in [0.1, 0.15) is 44.0 Å². The molecule has 2 saturated heterocycles. The fraction of sp³-hybridized carbons (Fsp3) is 0.619. The molecule has 6 heteroatoms. The summed E-state index contributed by atoms with van der Waals surface area (Å²) in [6.07, 6.45) is 13.6. The average Bonchev–Trinajstić information content (AvgIpc) is 3.19. The van der Waals surface area contributed by atoms with Crippen LogP contribution in [0.15, 0.2) is 30.9 Å². The molecule has 0 radical (unpaired) electrons. The van der Waals surface area contributed by atoms with Crippen molar-refractivity contribution in [2.45, 2.75) is 45.6 Å². The Morgan fingerprint density at radius 1 is 0.926 bits per heavy atom. The number of hydrogen-bond donors (Lipinski definition) is 0. The van der Waals surface area contributed by atoms with Gasteiger partial charge < -0.3 is 4.90 Å². The molecule has 2 aromatic rings. The lowest BCUT2D eigenvalue weighted by Crippen LogP contribution is -2.37. The second-order valence-electron chi connectivity index (χ2n) is 7.91. The van der Waals surface area contributed by atoms with Gasteiger partial charge in [0.05, 0.1) is 0 Å². The topological polar surface area (TPSA) is 58.0 Å². The average molecular weight is 367 g/mol. The van der Waals surface area contributed by atoms with Crippen LogP contribution in [0.2, 0.25) is 0 Å². The first-order valence-corrected chi connectivity index (χ1v) is 10.4. The molecule has 0 amide bonds. The Hall–Kier alpha value is -2.08. The van der Waals surface area contributed by atoms with Crippen LogP contribution >= 0.6 is 0 Å². The number of hydrogen-bond acceptors (Lipinski definition) is 6. The van der Waals surface area contributed by atoms with Crippen molar-refractivity contribution in [1.82, 2.24) is 24.8 Å².